The van der Waals surface area contributed by atoms with E-state index in [-0.39, 0.29) is 0 Å². The molecule has 0 heterocycles. The van der Waals surface area contributed by atoms with E-state index in [4.69, 9.17) is 0 Å². The van der Waals surface area contributed by atoms with E-state index in [0.29, 0.717) is 11.1 Å². The van der Waals surface area contributed by atoms with Crippen molar-refractivity contribution in [2.75, 3.05) is 0 Å². The highest BCUT2D eigenvalue weighted by atomic mass is 79.9. The van der Waals surface area contributed by atoms with E-state index in [1.165, 1.54) is 0 Å². The number of aldehydes is 2. The second-order valence-corrected chi connectivity index (χ2v) is 7.00. The summed E-state index contributed by atoms with van der Waals surface area (Å²) in [5, 5.41) is 0. The topological polar surface area (TPSA) is 34.1 Å². The molecular weight excluding hydrogens is 432 g/mol. The molecule has 0 unspecified atom stereocenters. The van der Waals surface area contributed by atoms with Crippen molar-refractivity contribution in [3.05, 3.63) is 80.7 Å². The van der Waals surface area contributed by atoms with E-state index < -0.39 is 0 Å². The summed E-state index contributed by atoms with van der Waals surface area (Å²) in [6.45, 7) is 0. The quantitative estimate of drug-likeness (QED) is 0.451. The van der Waals surface area contributed by atoms with Crippen LogP contribution in [0.1, 0.15) is 20.7 Å². The third-order valence-electron chi connectivity index (χ3n) is 3.77. The summed E-state index contributed by atoms with van der Waals surface area (Å²) in [5.41, 5.74) is 5.42. The number of carbonyl (C=O) groups excluding carboxylic acids is 2. The number of rotatable bonds is 4. The Hall–Kier alpha value is -2.04. The molecule has 118 valence electrons. The van der Waals surface area contributed by atoms with Crippen molar-refractivity contribution in [3.63, 3.8) is 0 Å². The largest absolute Gasteiger partial charge is 0.298 e. The minimum Gasteiger partial charge on any atom is -0.298 e. The summed E-state index contributed by atoms with van der Waals surface area (Å²) in [6, 6.07) is 19.0. The maximum absolute atomic E-state index is 10.8. The van der Waals surface area contributed by atoms with Crippen LogP contribution >= 0.6 is 31.9 Å². The fraction of sp³-hybridized carbons (Fsp3) is 0. The molecule has 0 saturated heterocycles. The highest BCUT2D eigenvalue weighted by molar-refractivity contribution is 9.11. The average Bonchev–Trinajstić information content (AvgIpc) is 2.63. The Morgan fingerprint density at radius 3 is 1.21 bits per heavy atom. The lowest BCUT2D eigenvalue weighted by molar-refractivity contribution is 0.111. The van der Waals surface area contributed by atoms with Crippen molar-refractivity contribution >= 4 is 44.4 Å². The van der Waals surface area contributed by atoms with E-state index >= 15 is 0 Å². The molecule has 0 aliphatic rings. The molecule has 0 fully saturated rings. The van der Waals surface area contributed by atoms with E-state index in [9.17, 15) is 9.59 Å². The molecule has 0 spiro atoms. The molecule has 0 aliphatic heterocycles. The van der Waals surface area contributed by atoms with Crippen molar-refractivity contribution in [1.82, 2.24) is 0 Å². The minimum absolute atomic E-state index is 0.654. The van der Waals surface area contributed by atoms with Crippen LogP contribution in [0.2, 0.25) is 0 Å². The zero-order valence-corrected chi connectivity index (χ0v) is 15.7. The van der Waals surface area contributed by atoms with Gasteiger partial charge in [0, 0.05) is 20.1 Å². The second kappa shape index (κ2) is 7.24. The van der Waals surface area contributed by atoms with Gasteiger partial charge in [-0.3, -0.25) is 9.59 Å². The van der Waals surface area contributed by atoms with Crippen LogP contribution in [0.5, 0.6) is 0 Å². The molecule has 0 aliphatic carbocycles. The van der Waals surface area contributed by atoms with Gasteiger partial charge in [0.1, 0.15) is 12.6 Å². The van der Waals surface area contributed by atoms with E-state index in [1.54, 1.807) is 24.3 Å². The van der Waals surface area contributed by atoms with Crippen LogP contribution in [0.25, 0.3) is 22.3 Å². The average molecular weight is 444 g/mol. The summed E-state index contributed by atoms with van der Waals surface area (Å²) in [5.74, 6) is 0. The molecule has 0 aromatic heterocycles. The SMILES string of the molecule is O=Cc1ccc(-c2cc(Br)c(-c3ccc(C=O)cc3)cc2Br)cc1. The van der Waals surface area contributed by atoms with E-state index in [1.807, 2.05) is 36.4 Å². The van der Waals surface area contributed by atoms with Crippen molar-refractivity contribution in [2.45, 2.75) is 0 Å². The maximum Gasteiger partial charge on any atom is 0.150 e. The Labute approximate surface area is 156 Å². The van der Waals surface area contributed by atoms with Gasteiger partial charge in [0.2, 0.25) is 0 Å². The predicted molar refractivity (Wildman–Crippen MR) is 103 cm³/mol. The molecule has 0 atom stereocenters. The van der Waals surface area contributed by atoms with Gasteiger partial charge in [0.25, 0.3) is 0 Å². The Morgan fingerprint density at radius 1 is 0.583 bits per heavy atom. The van der Waals surface area contributed by atoms with Crippen molar-refractivity contribution in [3.8, 4) is 22.3 Å². The molecule has 4 heteroatoms. The lowest BCUT2D eigenvalue weighted by atomic mass is 9.99. The van der Waals surface area contributed by atoms with Gasteiger partial charge in [-0.05, 0) is 34.4 Å². The van der Waals surface area contributed by atoms with Crippen LogP contribution in [-0.2, 0) is 0 Å². The lowest BCUT2D eigenvalue weighted by Crippen LogP contribution is -1.87. The van der Waals surface area contributed by atoms with Crippen molar-refractivity contribution in [1.29, 1.82) is 0 Å². The standard InChI is InChI=1S/C20H12Br2O2/c21-19-10-18(16-7-3-14(12-24)4-8-16)20(22)9-17(19)15-5-1-13(11-23)2-6-15/h1-12H. The first-order valence-electron chi connectivity index (χ1n) is 7.22. The Balaban J connectivity index is 2.03. The molecule has 2 nitrogen and oxygen atoms in total. The Bertz CT molecular complexity index is 821. The smallest absolute Gasteiger partial charge is 0.150 e. The monoisotopic (exact) mass is 442 g/mol. The third kappa shape index (κ3) is 3.40. The van der Waals surface area contributed by atoms with Gasteiger partial charge in [0.05, 0.1) is 0 Å². The molecular formula is C20H12Br2O2. The molecule has 3 rings (SSSR count). The Morgan fingerprint density at radius 2 is 0.917 bits per heavy atom. The number of hydrogen-bond acceptors (Lipinski definition) is 2. The summed E-state index contributed by atoms with van der Waals surface area (Å²) >= 11 is 7.26. The minimum atomic E-state index is 0.654. The van der Waals surface area contributed by atoms with Gasteiger partial charge in [0.15, 0.2) is 0 Å². The fourth-order valence-corrected chi connectivity index (χ4v) is 3.62. The zero-order chi connectivity index (χ0) is 17.1. The van der Waals surface area contributed by atoms with Crippen LogP contribution < -0.4 is 0 Å². The highest BCUT2D eigenvalue weighted by Gasteiger charge is 2.10. The van der Waals surface area contributed by atoms with Gasteiger partial charge < -0.3 is 0 Å². The first-order chi connectivity index (χ1) is 11.6. The number of benzene rings is 3. The molecule has 3 aromatic rings. The molecule has 24 heavy (non-hydrogen) atoms. The summed E-state index contributed by atoms with van der Waals surface area (Å²) in [6.07, 6.45) is 1.67. The van der Waals surface area contributed by atoms with Gasteiger partial charge in [-0.1, -0.05) is 80.4 Å². The van der Waals surface area contributed by atoms with Crippen LogP contribution in [0, 0.1) is 0 Å². The molecule has 3 aromatic carbocycles. The summed E-state index contributed by atoms with van der Waals surface area (Å²) in [4.78, 5) is 21.6. The van der Waals surface area contributed by atoms with Crippen LogP contribution in [0.4, 0.5) is 0 Å². The number of halogens is 2. The number of carbonyl (C=O) groups is 2. The Kier molecular flexibility index (Phi) is 5.07. The number of hydrogen-bond donors (Lipinski definition) is 0. The van der Waals surface area contributed by atoms with Gasteiger partial charge in [-0.15, -0.1) is 0 Å². The van der Waals surface area contributed by atoms with Crippen LogP contribution in [0.15, 0.2) is 69.6 Å². The first-order valence-corrected chi connectivity index (χ1v) is 8.81. The van der Waals surface area contributed by atoms with E-state index in [2.05, 4.69) is 31.9 Å². The van der Waals surface area contributed by atoms with E-state index in [0.717, 1.165) is 43.8 Å². The fourth-order valence-electron chi connectivity index (χ4n) is 2.47. The normalized spacial score (nSPS) is 10.4. The second-order valence-electron chi connectivity index (χ2n) is 5.29. The van der Waals surface area contributed by atoms with Crippen molar-refractivity contribution < 1.29 is 9.59 Å². The highest BCUT2D eigenvalue weighted by Crippen LogP contribution is 2.38. The van der Waals surface area contributed by atoms with Gasteiger partial charge in [-0.25, -0.2) is 0 Å². The molecule has 0 amide bonds. The third-order valence-corrected chi connectivity index (χ3v) is 5.08. The van der Waals surface area contributed by atoms with Crippen LogP contribution in [0.3, 0.4) is 0 Å². The van der Waals surface area contributed by atoms with Gasteiger partial charge in [-0.2, -0.15) is 0 Å². The lowest BCUT2D eigenvalue weighted by Gasteiger charge is -2.11. The first kappa shape index (κ1) is 16.8. The zero-order valence-electron chi connectivity index (χ0n) is 12.5. The summed E-state index contributed by atoms with van der Waals surface area (Å²) < 4.78 is 1.91. The van der Waals surface area contributed by atoms with Crippen molar-refractivity contribution in [2.24, 2.45) is 0 Å². The van der Waals surface area contributed by atoms with Crippen LogP contribution in [-0.4, -0.2) is 12.6 Å². The van der Waals surface area contributed by atoms with Gasteiger partial charge >= 0.3 is 0 Å². The molecule has 0 radical (unpaired) electrons. The predicted octanol–water partition coefficient (Wildman–Crippen LogP) is 6.17. The molecule has 0 N–H and O–H groups in total. The molecule has 0 bridgehead atoms. The molecule has 0 saturated carbocycles. The maximum atomic E-state index is 10.8. The summed E-state index contributed by atoms with van der Waals surface area (Å²) in [7, 11) is 0.